The number of anilines is 2. The van der Waals surface area contributed by atoms with Crippen LogP contribution in [0.15, 0.2) is 60.7 Å². The maximum Gasteiger partial charge on any atom is 0.0438 e. The van der Waals surface area contributed by atoms with Crippen LogP contribution in [0.4, 0.5) is 11.4 Å². The average Bonchev–Trinajstić information content (AvgIpc) is 2.57. The van der Waals surface area contributed by atoms with Gasteiger partial charge in [-0.25, -0.2) is 0 Å². The number of nitrogens with zero attached hydrogens (tertiary/aromatic N) is 1. The van der Waals surface area contributed by atoms with E-state index in [-0.39, 0.29) is 0 Å². The Morgan fingerprint density at radius 1 is 0.583 bits per heavy atom. The number of aryl methyl sites for hydroxylation is 4. The summed E-state index contributed by atoms with van der Waals surface area (Å²) in [7, 11) is 2.13. The third-order valence-electron chi connectivity index (χ3n) is 4.82. The van der Waals surface area contributed by atoms with Crippen molar-refractivity contribution in [2.45, 2.75) is 27.7 Å². The Kier molecular flexibility index (Phi) is 4.44. The monoisotopic (exact) mass is 315 g/mol. The van der Waals surface area contributed by atoms with Crippen molar-refractivity contribution in [2.24, 2.45) is 0 Å². The molecule has 0 spiro atoms. The van der Waals surface area contributed by atoms with Crippen LogP contribution in [0.5, 0.6) is 0 Å². The summed E-state index contributed by atoms with van der Waals surface area (Å²) in [5, 5.41) is 0. The molecule has 0 atom stereocenters. The molecule has 0 aliphatic heterocycles. The van der Waals surface area contributed by atoms with Gasteiger partial charge in [0.25, 0.3) is 0 Å². The fourth-order valence-electron chi connectivity index (χ4n) is 3.04. The van der Waals surface area contributed by atoms with Gasteiger partial charge in [-0.3, -0.25) is 0 Å². The lowest BCUT2D eigenvalue weighted by atomic mass is 9.98. The Hall–Kier alpha value is -2.54. The van der Waals surface area contributed by atoms with Crippen molar-refractivity contribution in [1.82, 2.24) is 0 Å². The van der Waals surface area contributed by atoms with Crippen LogP contribution in [-0.4, -0.2) is 7.05 Å². The second-order valence-electron chi connectivity index (χ2n) is 6.69. The average molecular weight is 315 g/mol. The van der Waals surface area contributed by atoms with Crippen molar-refractivity contribution in [3.63, 3.8) is 0 Å². The van der Waals surface area contributed by atoms with Crippen molar-refractivity contribution in [1.29, 1.82) is 0 Å². The number of benzene rings is 3. The predicted octanol–water partition coefficient (Wildman–Crippen LogP) is 6.36. The first-order chi connectivity index (χ1) is 11.5. The van der Waals surface area contributed by atoms with Crippen molar-refractivity contribution in [3.8, 4) is 11.1 Å². The van der Waals surface area contributed by atoms with E-state index in [9.17, 15) is 0 Å². The minimum absolute atomic E-state index is 1.21. The lowest BCUT2D eigenvalue weighted by Gasteiger charge is -2.22. The lowest BCUT2D eigenvalue weighted by molar-refractivity contribution is 1.18. The second-order valence-corrected chi connectivity index (χ2v) is 6.69. The summed E-state index contributed by atoms with van der Waals surface area (Å²) >= 11 is 0. The van der Waals surface area contributed by atoms with E-state index < -0.39 is 0 Å². The van der Waals surface area contributed by atoms with Crippen LogP contribution in [0.1, 0.15) is 22.3 Å². The molecular weight excluding hydrogens is 290 g/mol. The van der Waals surface area contributed by atoms with Gasteiger partial charge in [-0.1, -0.05) is 42.0 Å². The van der Waals surface area contributed by atoms with E-state index in [2.05, 4.69) is 100 Å². The lowest BCUT2D eigenvalue weighted by Crippen LogP contribution is -2.10. The van der Waals surface area contributed by atoms with Gasteiger partial charge in [-0.05, 0) is 79.8 Å². The maximum absolute atomic E-state index is 2.28. The highest BCUT2D eigenvalue weighted by Gasteiger charge is 2.09. The molecule has 3 aromatic rings. The van der Waals surface area contributed by atoms with Crippen LogP contribution < -0.4 is 4.90 Å². The third-order valence-corrected chi connectivity index (χ3v) is 4.82. The zero-order valence-electron chi connectivity index (χ0n) is 15.2. The molecule has 1 nitrogen and oxygen atoms in total. The largest absolute Gasteiger partial charge is 0.344 e. The summed E-state index contributed by atoms with van der Waals surface area (Å²) in [6.45, 7) is 8.63. The van der Waals surface area contributed by atoms with Crippen LogP contribution in [0.25, 0.3) is 11.1 Å². The number of hydrogen-bond acceptors (Lipinski definition) is 1. The molecule has 0 aliphatic carbocycles. The zero-order valence-corrected chi connectivity index (χ0v) is 15.2. The first-order valence-corrected chi connectivity index (χ1v) is 8.44. The highest BCUT2D eigenvalue weighted by atomic mass is 15.1. The SMILES string of the molecule is Cc1ccc(N(C)c2ccc(-c3ccc(C)c(C)c3)cc2C)cc1. The van der Waals surface area contributed by atoms with Gasteiger partial charge >= 0.3 is 0 Å². The highest BCUT2D eigenvalue weighted by molar-refractivity contribution is 5.73. The van der Waals surface area contributed by atoms with Gasteiger partial charge in [-0.2, -0.15) is 0 Å². The Balaban J connectivity index is 1.94. The molecule has 0 saturated carbocycles. The van der Waals surface area contributed by atoms with Crippen LogP contribution in [-0.2, 0) is 0 Å². The van der Waals surface area contributed by atoms with Crippen LogP contribution in [0.2, 0.25) is 0 Å². The fourth-order valence-corrected chi connectivity index (χ4v) is 3.04. The maximum atomic E-state index is 2.28. The van der Waals surface area contributed by atoms with E-state index in [1.54, 1.807) is 0 Å². The number of hydrogen-bond donors (Lipinski definition) is 0. The molecule has 122 valence electrons. The fraction of sp³-hybridized carbons (Fsp3) is 0.217. The van der Waals surface area contributed by atoms with Gasteiger partial charge in [0.15, 0.2) is 0 Å². The van der Waals surface area contributed by atoms with Crippen molar-refractivity contribution in [2.75, 3.05) is 11.9 Å². The standard InChI is InChI=1S/C23H25N/c1-16-6-11-22(12-7-16)24(5)23-13-10-21(15-19(23)4)20-9-8-17(2)18(3)14-20/h6-15H,1-5H3. The summed E-state index contributed by atoms with van der Waals surface area (Å²) in [5.41, 5.74) is 10.3. The van der Waals surface area contributed by atoms with Gasteiger partial charge in [0.2, 0.25) is 0 Å². The van der Waals surface area contributed by atoms with E-state index in [0.29, 0.717) is 0 Å². The minimum atomic E-state index is 1.21. The molecule has 0 radical (unpaired) electrons. The van der Waals surface area contributed by atoms with Gasteiger partial charge in [0.1, 0.15) is 0 Å². The topological polar surface area (TPSA) is 3.24 Å². The van der Waals surface area contributed by atoms with Gasteiger partial charge in [0, 0.05) is 18.4 Å². The summed E-state index contributed by atoms with van der Waals surface area (Å²) in [6, 6.07) is 22.1. The molecule has 0 bridgehead atoms. The molecule has 3 aromatic carbocycles. The Labute approximate surface area is 145 Å². The Bertz CT molecular complexity index is 860. The van der Waals surface area contributed by atoms with E-state index in [1.807, 2.05) is 0 Å². The molecule has 0 amide bonds. The van der Waals surface area contributed by atoms with Gasteiger partial charge in [0.05, 0.1) is 0 Å². The quantitative estimate of drug-likeness (QED) is 0.544. The molecule has 0 aromatic heterocycles. The summed E-state index contributed by atoms with van der Waals surface area (Å²) in [6.07, 6.45) is 0. The van der Waals surface area contributed by atoms with E-state index in [4.69, 9.17) is 0 Å². The van der Waals surface area contributed by atoms with Gasteiger partial charge in [-0.15, -0.1) is 0 Å². The van der Waals surface area contributed by atoms with Crippen LogP contribution in [0.3, 0.4) is 0 Å². The smallest absolute Gasteiger partial charge is 0.0438 e. The zero-order chi connectivity index (χ0) is 17.3. The van der Waals surface area contributed by atoms with Gasteiger partial charge < -0.3 is 4.90 Å². The Morgan fingerprint density at radius 3 is 1.75 bits per heavy atom. The molecule has 0 unspecified atom stereocenters. The first-order valence-electron chi connectivity index (χ1n) is 8.44. The molecule has 24 heavy (non-hydrogen) atoms. The van der Waals surface area contributed by atoms with E-state index in [1.165, 1.54) is 44.8 Å². The van der Waals surface area contributed by atoms with E-state index >= 15 is 0 Å². The third kappa shape index (κ3) is 3.21. The van der Waals surface area contributed by atoms with Crippen molar-refractivity contribution < 1.29 is 0 Å². The van der Waals surface area contributed by atoms with Crippen molar-refractivity contribution >= 4 is 11.4 Å². The molecular formula is C23H25N. The molecule has 0 saturated heterocycles. The highest BCUT2D eigenvalue weighted by Crippen LogP contribution is 2.31. The predicted molar refractivity (Wildman–Crippen MR) is 105 cm³/mol. The van der Waals surface area contributed by atoms with E-state index in [0.717, 1.165) is 0 Å². The Morgan fingerprint density at radius 2 is 1.17 bits per heavy atom. The molecule has 1 heteroatoms. The summed E-state index contributed by atoms with van der Waals surface area (Å²) < 4.78 is 0. The summed E-state index contributed by atoms with van der Waals surface area (Å²) in [5.74, 6) is 0. The molecule has 0 aliphatic rings. The first kappa shape index (κ1) is 16.3. The van der Waals surface area contributed by atoms with Crippen molar-refractivity contribution in [3.05, 3.63) is 82.9 Å². The normalized spacial score (nSPS) is 10.7. The number of rotatable bonds is 3. The second kappa shape index (κ2) is 6.52. The minimum Gasteiger partial charge on any atom is -0.344 e. The molecule has 3 rings (SSSR count). The molecule has 0 heterocycles. The van der Waals surface area contributed by atoms with Crippen LogP contribution >= 0.6 is 0 Å². The molecule has 0 fully saturated rings. The van der Waals surface area contributed by atoms with Crippen LogP contribution in [0, 0.1) is 27.7 Å². The summed E-state index contributed by atoms with van der Waals surface area (Å²) in [4.78, 5) is 2.25. The molecule has 0 N–H and O–H groups in total.